The van der Waals surface area contributed by atoms with Crippen molar-refractivity contribution in [3.8, 4) is 0 Å². The van der Waals surface area contributed by atoms with Crippen molar-refractivity contribution in [1.29, 1.82) is 0 Å². The molecule has 2 fully saturated rings. The Labute approximate surface area is 166 Å². The number of anilines is 2. The fourth-order valence-electron chi connectivity index (χ4n) is 4.03. The lowest BCUT2D eigenvalue weighted by atomic mass is 10.0. The van der Waals surface area contributed by atoms with E-state index in [0.29, 0.717) is 0 Å². The highest BCUT2D eigenvalue weighted by Gasteiger charge is 2.36. The highest BCUT2D eigenvalue weighted by Crippen LogP contribution is 2.52. The van der Waals surface area contributed by atoms with E-state index in [-0.39, 0.29) is 0 Å². The molecule has 4 heterocycles. The highest BCUT2D eigenvalue weighted by molar-refractivity contribution is 8.07. The van der Waals surface area contributed by atoms with Crippen LogP contribution in [0.2, 0.25) is 0 Å². The minimum atomic E-state index is 0.873. The van der Waals surface area contributed by atoms with Gasteiger partial charge in [-0.2, -0.15) is 4.98 Å². The molecular formula is C21H29N5S. The first-order valence-corrected chi connectivity index (χ1v) is 10.8. The maximum atomic E-state index is 5.09. The van der Waals surface area contributed by atoms with Gasteiger partial charge in [-0.05, 0) is 45.9 Å². The molecule has 4 rings (SSSR count). The zero-order valence-corrected chi connectivity index (χ0v) is 17.6. The zero-order chi connectivity index (χ0) is 19.0. The number of allylic oxidation sites excluding steroid dienone is 3. The summed E-state index contributed by atoms with van der Waals surface area (Å²) in [6.07, 6.45) is 9.66. The molecule has 0 atom stereocenters. The van der Waals surface area contributed by atoms with Crippen LogP contribution in [0, 0.1) is 0 Å². The number of rotatable bonds is 2. The predicted molar refractivity (Wildman–Crippen MR) is 115 cm³/mol. The van der Waals surface area contributed by atoms with Gasteiger partial charge in [-0.3, -0.25) is 4.90 Å². The number of likely N-dealkylation sites (N-methyl/N-ethyl adjacent to an activating group) is 1. The van der Waals surface area contributed by atoms with Gasteiger partial charge in [-0.1, -0.05) is 30.8 Å². The molecule has 1 aromatic rings. The van der Waals surface area contributed by atoms with E-state index in [4.69, 9.17) is 9.97 Å². The van der Waals surface area contributed by atoms with E-state index in [9.17, 15) is 0 Å². The van der Waals surface area contributed by atoms with Crippen LogP contribution in [0.15, 0.2) is 39.6 Å². The summed E-state index contributed by atoms with van der Waals surface area (Å²) in [5, 5.41) is 1.35. The van der Waals surface area contributed by atoms with E-state index in [1.807, 2.05) is 11.8 Å². The molecule has 3 aliphatic heterocycles. The van der Waals surface area contributed by atoms with Gasteiger partial charge in [0.15, 0.2) is 0 Å². The van der Waals surface area contributed by atoms with E-state index in [0.717, 1.165) is 57.2 Å². The van der Waals surface area contributed by atoms with E-state index in [2.05, 4.69) is 60.9 Å². The van der Waals surface area contributed by atoms with Gasteiger partial charge in [0.05, 0.1) is 10.7 Å². The Morgan fingerprint density at radius 1 is 1.15 bits per heavy atom. The normalized spacial score (nSPS) is 23.9. The zero-order valence-electron chi connectivity index (χ0n) is 16.8. The fourth-order valence-corrected chi connectivity index (χ4v) is 5.30. The van der Waals surface area contributed by atoms with E-state index < -0.39 is 0 Å². The summed E-state index contributed by atoms with van der Waals surface area (Å²) in [5.41, 5.74) is 3.98. The van der Waals surface area contributed by atoms with Crippen molar-refractivity contribution in [1.82, 2.24) is 14.9 Å². The molecule has 0 unspecified atom stereocenters. The molecule has 3 aliphatic rings. The Morgan fingerprint density at radius 3 is 2.74 bits per heavy atom. The van der Waals surface area contributed by atoms with Crippen LogP contribution >= 0.6 is 11.8 Å². The standard InChI is InChI=1S/C21H29N5S/c1-5-15-13-16-14-22-21(25-10-8-9-24(4)11-12-25)23-19(16)26-17(6-2)18(7-3)27-20(15)26/h6-7,14H,5,8-13H2,1-4H3/b17-6+,18-7+. The van der Waals surface area contributed by atoms with Crippen LogP contribution in [-0.4, -0.2) is 48.1 Å². The second kappa shape index (κ2) is 7.68. The number of hydrogen-bond acceptors (Lipinski definition) is 6. The molecular weight excluding hydrogens is 354 g/mol. The molecule has 0 aromatic carbocycles. The summed E-state index contributed by atoms with van der Waals surface area (Å²) < 4.78 is 0. The maximum absolute atomic E-state index is 5.09. The maximum Gasteiger partial charge on any atom is 0.227 e. The molecule has 27 heavy (non-hydrogen) atoms. The van der Waals surface area contributed by atoms with Crippen LogP contribution < -0.4 is 9.80 Å². The van der Waals surface area contributed by atoms with Gasteiger partial charge >= 0.3 is 0 Å². The average Bonchev–Trinajstić information content (AvgIpc) is 2.94. The third-order valence-electron chi connectivity index (χ3n) is 5.61. The van der Waals surface area contributed by atoms with Gasteiger partial charge in [-0.15, -0.1) is 0 Å². The van der Waals surface area contributed by atoms with Crippen LogP contribution in [0.3, 0.4) is 0 Å². The lowest BCUT2D eigenvalue weighted by molar-refractivity contribution is 0.360. The van der Waals surface area contributed by atoms with Crippen molar-refractivity contribution < 1.29 is 0 Å². The van der Waals surface area contributed by atoms with Crippen LogP contribution in [-0.2, 0) is 6.42 Å². The summed E-state index contributed by atoms with van der Waals surface area (Å²) in [5.74, 6) is 1.94. The molecule has 1 aromatic heterocycles. The molecule has 5 nitrogen and oxygen atoms in total. The average molecular weight is 384 g/mol. The molecule has 0 spiro atoms. The predicted octanol–water partition coefficient (Wildman–Crippen LogP) is 4.16. The molecule has 0 amide bonds. The quantitative estimate of drug-likeness (QED) is 0.763. The van der Waals surface area contributed by atoms with Crippen LogP contribution in [0.1, 0.15) is 39.2 Å². The minimum Gasteiger partial charge on any atom is -0.339 e. The lowest BCUT2D eigenvalue weighted by Crippen LogP contribution is -2.31. The van der Waals surface area contributed by atoms with Gasteiger partial charge in [0.2, 0.25) is 5.95 Å². The first-order chi connectivity index (χ1) is 13.2. The van der Waals surface area contributed by atoms with Crippen molar-refractivity contribution in [2.45, 2.75) is 40.0 Å². The van der Waals surface area contributed by atoms with Gasteiger partial charge in [-0.25, -0.2) is 4.98 Å². The van der Waals surface area contributed by atoms with E-state index in [1.54, 1.807) is 0 Å². The lowest BCUT2D eigenvalue weighted by Gasteiger charge is -2.30. The van der Waals surface area contributed by atoms with Crippen molar-refractivity contribution in [2.24, 2.45) is 0 Å². The van der Waals surface area contributed by atoms with Crippen molar-refractivity contribution >= 4 is 23.5 Å². The Morgan fingerprint density at radius 2 is 2.00 bits per heavy atom. The van der Waals surface area contributed by atoms with Crippen LogP contribution in [0.25, 0.3) is 0 Å². The fraction of sp³-hybridized carbons (Fsp3) is 0.524. The van der Waals surface area contributed by atoms with Crippen molar-refractivity contribution in [3.05, 3.63) is 45.1 Å². The molecule has 0 saturated carbocycles. The monoisotopic (exact) mass is 383 g/mol. The van der Waals surface area contributed by atoms with Gasteiger partial charge < -0.3 is 9.80 Å². The first kappa shape index (κ1) is 18.6. The molecule has 6 heteroatoms. The van der Waals surface area contributed by atoms with E-state index in [1.165, 1.54) is 26.8 Å². The Kier molecular flexibility index (Phi) is 5.28. The summed E-state index contributed by atoms with van der Waals surface area (Å²) >= 11 is 1.89. The number of nitrogens with zero attached hydrogens (tertiary/aromatic N) is 5. The second-order valence-corrected chi connectivity index (χ2v) is 8.40. The Balaban J connectivity index is 1.75. The first-order valence-electron chi connectivity index (χ1n) is 9.98. The molecule has 0 aliphatic carbocycles. The van der Waals surface area contributed by atoms with Gasteiger partial charge in [0, 0.05) is 42.7 Å². The largest absolute Gasteiger partial charge is 0.339 e. The molecule has 0 bridgehead atoms. The van der Waals surface area contributed by atoms with Gasteiger partial charge in [0.25, 0.3) is 0 Å². The Hall–Kier alpha value is -1.79. The SMILES string of the molecule is C/C=C1/SC2=C(CC)Cc3cnc(N4CCCN(C)CC4)nc3N2/C1=C/C. The highest BCUT2D eigenvalue weighted by atomic mass is 32.2. The summed E-state index contributed by atoms with van der Waals surface area (Å²) in [7, 11) is 2.19. The molecule has 0 radical (unpaired) electrons. The molecule has 0 N–H and O–H groups in total. The number of thioether (sulfide) groups is 1. The molecule has 2 saturated heterocycles. The van der Waals surface area contributed by atoms with Crippen molar-refractivity contribution in [2.75, 3.05) is 43.0 Å². The van der Waals surface area contributed by atoms with Crippen molar-refractivity contribution in [3.63, 3.8) is 0 Å². The molecule has 144 valence electrons. The Bertz CT molecular complexity index is 826. The third kappa shape index (κ3) is 3.29. The third-order valence-corrected chi connectivity index (χ3v) is 6.94. The summed E-state index contributed by atoms with van der Waals surface area (Å²) in [6, 6.07) is 0. The summed E-state index contributed by atoms with van der Waals surface area (Å²) in [4.78, 5) is 18.3. The van der Waals surface area contributed by atoms with Crippen LogP contribution in [0.4, 0.5) is 11.8 Å². The number of fused-ring (bicyclic) bond motifs is 3. The van der Waals surface area contributed by atoms with Gasteiger partial charge in [0.1, 0.15) is 5.82 Å². The smallest absolute Gasteiger partial charge is 0.227 e. The summed E-state index contributed by atoms with van der Waals surface area (Å²) in [6.45, 7) is 10.7. The minimum absolute atomic E-state index is 0.873. The second-order valence-electron chi connectivity index (χ2n) is 7.37. The number of aromatic nitrogens is 2. The topological polar surface area (TPSA) is 35.5 Å². The van der Waals surface area contributed by atoms with Crippen LogP contribution in [0.5, 0.6) is 0 Å². The van der Waals surface area contributed by atoms with E-state index >= 15 is 0 Å². The number of hydrogen-bond donors (Lipinski definition) is 0.